The van der Waals surface area contributed by atoms with E-state index in [4.69, 9.17) is 5.11 Å². The first-order valence-electron chi connectivity index (χ1n) is 5.48. The van der Waals surface area contributed by atoms with Crippen LogP contribution in [0.5, 0.6) is 5.75 Å². The van der Waals surface area contributed by atoms with Crippen LogP contribution in [0.15, 0.2) is 48.5 Å². The highest BCUT2D eigenvalue weighted by Gasteiger charge is 2.07. The van der Waals surface area contributed by atoms with Crippen molar-refractivity contribution in [3.05, 3.63) is 59.7 Å². The summed E-state index contributed by atoms with van der Waals surface area (Å²) in [6.45, 7) is 0. The molecule has 0 fully saturated rings. The lowest BCUT2D eigenvalue weighted by molar-refractivity contribution is -0.268. The van der Waals surface area contributed by atoms with E-state index in [-0.39, 0.29) is 11.3 Å². The third-order valence-electron chi connectivity index (χ3n) is 2.48. The van der Waals surface area contributed by atoms with Crippen LogP contribution in [0.2, 0.25) is 0 Å². The van der Waals surface area contributed by atoms with Gasteiger partial charge in [0.2, 0.25) is 0 Å². The lowest BCUT2D eigenvalue weighted by Gasteiger charge is -2.08. The van der Waals surface area contributed by atoms with Crippen molar-refractivity contribution in [3.8, 4) is 5.75 Å². The number of nitrogens with one attached hydrogen (secondary N) is 1. The number of carboxylic acids is 1. The summed E-state index contributed by atoms with van der Waals surface area (Å²) in [4.78, 5) is 22.6. The van der Waals surface area contributed by atoms with E-state index >= 15 is 0 Å². The molecule has 5 nitrogen and oxygen atoms in total. The molecule has 0 radical (unpaired) electrons. The predicted molar refractivity (Wildman–Crippen MR) is 67.2 cm³/mol. The molecule has 0 heterocycles. The van der Waals surface area contributed by atoms with Gasteiger partial charge in [-0.05, 0) is 18.2 Å². The maximum absolute atomic E-state index is 11.8. The molecule has 2 rings (SSSR count). The van der Waals surface area contributed by atoms with E-state index < -0.39 is 11.9 Å². The van der Waals surface area contributed by atoms with Crippen LogP contribution in [0.4, 0.5) is 5.69 Å². The first-order chi connectivity index (χ1) is 9.06. The van der Waals surface area contributed by atoms with Crippen LogP contribution in [0, 0.1) is 0 Å². The maximum Gasteiger partial charge on any atom is 0.335 e. The summed E-state index contributed by atoms with van der Waals surface area (Å²) in [5.41, 5.74) is 0.809. The minimum Gasteiger partial charge on any atom is -0.872 e. The third kappa shape index (κ3) is 3.10. The number of carboxylic acid groups (broad SMARTS) is 1. The highest BCUT2D eigenvalue weighted by molar-refractivity contribution is 6.04. The fourth-order valence-corrected chi connectivity index (χ4v) is 1.54. The molecule has 0 unspecified atom stereocenters. The SMILES string of the molecule is O=C(O)c1cccc(NC(=O)c2ccc([O-])cc2)c1. The van der Waals surface area contributed by atoms with E-state index in [9.17, 15) is 14.7 Å². The van der Waals surface area contributed by atoms with E-state index in [1.165, 1.54) is 36.4 Å². The van der Waals surface area contributed by atoms with Crippen molar-refractivity contribution >= 4 is 17.6 Å². The van der Waals surface area contributed by atoms with Gasteiger partial charge in [0, 0.05) is 11.3 Å². The van der Waals surface area contributed by atoms with Gasteiger partial charge < -0.3 is 15.5 Å². The van der Waals surface area contributed by atoms with Gasteiger partial charge in [-0.3, -0.25) is 4.79 Å². The zero-order chi connectivity index (χ0) is 13.8. The number of benzene rings is 2. The van der Waals surface area contributed by atoms with Crippen LogP contribution >= 0.6 is 0 Å². The average Bonchev–Trinajstić information content (AvgIpc) is 2.39. The second-order valence-corrected chi connectivity index (χ2v) is 3.86. The minimum absolute atomic E-state index is 0.0905. The zero-order valence-electron chi connectivity index (χ0n) is 9.79. The van der Waals surface area contributed by atoms with Gasteiger partial charge >= 0.3 is 5.97 Å². The summed E-state index contributed by atoms with van der Waals surface area (Å²) in [5, 5.41) is 22.3. The Kier molecular flexibility index (Phi) is 3.47. The molecule has 2 aromatic rings. The molecule has 1 amide bonds. The molecule has 19 heavy (non-hydrogen) atoms. The summed E-state index contributed by atoms with van der Waals surface area (Å²) in [5.74, 6) is -1.64. The second kappa shape index (κ2) is 5.22. The number of anilines is 1. The number of amides is 1. The van der Waals surface area contributed by atoms with E-state index in [0.29, 0.717) is 11.3 Å². The number of carbonyl (C=O) groups is 2. The molecule has 2 N–H and O–H groups in total. The summed E-state index contributed by atoms with van der Waals surface area (Å²) < 4.78 is 0. The van der Waals surface area contributed by atoms with Crippen LogP contribution in [0.1, 0.15) is 20.7 Å². The fourth-order valence-electron chi connectivity index (χ4n) is 1.54. The minimum atomic E-state index is -1.06. The molecule has 5 heteroatoms. The van der Waals surface area contributed by atoms with E-state index in [0.717, 1.165) is 0 Å². The lowest BCUT2D eigenvalue weighted by Crippen LogP contribution is -2.12. The second-order valence-electron chi connectivity index (χ2n) is 3.86. The van der Waals surface area contributed by atoms with E-state index in [1.807, 2.05) is 0 Å². The zero-order valence-corrected chi connectivity index (χ0v) is 9.79. The quantitative estimate of drug-likeness (QED) is 0.874. The molecular weight excluding hydrogens is 246 g/mol. The Morgan fingerprint density at radius 2 is 1.68 bits per heavy atom. The van der Waals surface area contributed by atoms with Gasteiger partial charge in [0.25, 0.3) is 5.91 Å². The van der Waals surface area contributed by atoms with Gasteiger partial charge in [0.05, 0.1) is 5.56 Å². The fraction of sp³-hybridized carbons (Fsp3) is 0. The van der Waals surface area contributed by atoms with Crippen LogP contribution in [-0.2, 0) is 0 Å². The molecule has 0 aliphatic rings. The topological polar surface area (TPSA) is 89.5 Å². The van der Waals surface area contributed by atoms with Crippen LogP contribution < -0.4 is 10.4 Å². The van der Waals surface area contributed by atoms with Crippen LogP contribution in [0.25, 0.3) is 0 Å². The van der Waals surface area contributed by atoms with Crippen molar-refractivity contribution < 1.29 is 19.8 Å². The van der Waals surface area contributed by atoms with Gasteiger partial charge in [0.1, 0.15) is 0 Å². The maximum atomic E-state index is 11.8. The Bertz CT molecular complexity index is 620. The summed E-state index contributed by atoms with van der Waals surface area (Å²) in [7, 11) is 0. The number of hydrogen-bond donors (Lipinski definition) is 2. The molecular formula is C14H10NO4-. The van der Waals surface area contributed by atoms with Crippen LogP contribution in [-0.4, -0.2) is 17.0 Å². The predicted octanol–water partition coefficient (Wildman–Crippen LogP) is 1.71. The highest BCUT2D eigenvalue weighted by atomic mass is 16.4. The highest BCUT2D eigenvalue weighted by Crippen LogP contribution is 2.13. The molecule has 0 saturated carbocycles. The Labute approximate surface area is 109 Å². The van der Waals surface area contributed by atoms with Gasteiger partial charge in [-0.2, -0.15) is 0 Å². The van der Waals surface area contributed by atoms with Crippen LogP contribution in [0.3, 0.4) is 0 Å². The number of aromatic carboxylic acids is 1. The van der Waals surface area contributed by atoms with Crippen molar-refractivity contribution in [1.82, 2.24) is 0 Å². The first kappa shape index (κ1) is 12.6. The Morgan fingerprint density at radius 1 is 1.00 bits per heavy atom. The van der Waals surface area contributed by atoms with Crippen molar-refractivity contribution in [2.75, 3.05) is 5.32 Å². The number of carbonyl (C=O) groups excluding carboxylic acids is 1. The first-order valence-corrected chi connectivity index (χ1v) is 5.48. The van der Waals surface area contributed by atoms with Crippen molar-refractivity contribution in [3.63, 3.8) is 0 Å². The number of rotatable bonds is 3. The van der Waals surface area contributed by atoms with Crippen molar-refractivity contribution in [1.29, 1.82) is 0 Å². The third-order valence-corrected chi connectivity index (χ3v) is 2.48. The molecule has 0 spiro atoms. The van der Waals surface area contributed by atoms with E-state index in [1.54, 1.807) is 12.1 Å². The molecule has 0 atom stereocenters. The normalized spacial score (nSPS) is 9.89. The Hall–Kier alpha value is -2.82. The van der Waals surface area contributed by atoms with Gasteiger partial charge in [0.15, 0.2) is 0 Å². The molecule has 0 aliphatic carbocycles. The van der Waals surface area contributed by atoms with Gasteiger partial charge in [-0.15, -0.1) is 5.75 Å². The largest absolute Gasteiger partial charge is 0.872 e. The molecule has 0 aliphatic heterocycles. The molecule has 0 saturated heterocycles. The molecule has 2 aromatic carbocycles. The summed E-state index contributed by atoms with van der Waals surface area (Å²) >= 11 is 0. The standard InChI is InChI=1S/C14H11NO4/c16-12-6-4-9(5-7-12)13(17)15-11-3-1-2-10(8-11)14(18)19/h1-8,16H,(H,15,17)(H,18,19)/p-1. The molecule has 96 valence electrons. The van der Waals surface area contributed by atoms with Crippen molar-refractivity contribution in [2.24, 2.45) is 0 Å². The summed E-state index contributed by atoms with van der Waals surface area (Å²) in [6, 6.07) is 11.3. The van der Waals surface area contributed by atoms with E-state index in [2.05, 4.69) is 5.32 Å². The summed E-state index contributed by atoms with van der Waals surface area (Å²) in [6.07, 6.45) is 0. The lowest BCUT2D eigenvalue weighted by atomic mass is 10.1. The van der Waals surface area contributed by atoms with Gasteiger partial charge in [-0.25, -0.2) is 4.79 Å². The smallest absolute Gasteiger partial charge is 0.335 e. The monoisotopic (exact) mass is 256 g/mol. The van der Waals surface area contributed by atoms with Gasteiger partial charge in [-0.1, -0.05) is 30.3 Å². The number of hydrogen-bond acceptors (Lipinski definition) is 3. The average molecular weight is 256 g/mol. The molecule has 0 bridgehead atoms. The molecule has 0 aromatic heterocycles. The Balaban J connectivity index is 2.17. The Morgan fingerprint density at radius 3 is 2.32 bits per heavy atom. The van der Waals surface area contributed by atoms with Crippen molar-refractivity contribution in [2.45, 2.75) is 0 Å².